The zero-order valence-electron chi connectivity index (χ0n) is 9.03. The van der Waals surface area contributed by atoms with Crippen molar-refractivity contribution in [3.63, 3.8) is 0 Å². The second-order valence-electron chi connectivity index (χ2n) is 3.52. The summed E-state index contributed by atoms with van der Waals surface area (Å²) in [6, 6.07) is 6.01. The minimum atomic E-state index is 0.844. The van der Waals surface area contributed by atoms with Crippen LogP contribution in [0.5, 0.6) is 0 Å². The molecule has 0 unspecified atom stereocenters. The fraction of sp³-hybridized carbons (Fsp3) is 0.167. The van der Waals surface area contributed by atoms with Gasteiger partial charge in [-0.25, -0.2) is 4.98 Å². The number of aromatic nitrogens is 2. The van der Waals surface area contributed by atoms with E-state index in [-0.39, 0.29) is 0 Å². The van der Waals surface area contributed by atoms with Gasteiger partial charge in [-0.2, -0.15) is 0 Å². The van der Waals surface area contributed by atoms with Crippen LogP contribution in [-0.2, 0) is 6.42 Å². The van der Waals surface area contributed by atoms with Crippen molar-refractivity contribution in [1.82, 2.24) is 9.97 Å². The van der Waals surface area contributed by atoms with Crippen LogP contribution < -0.4 is 5.32 Å². The Morgan fingerprint density at radius 3 is 2.65 bits per heavy atom. The first kappa shape index (κ1) is 12.5. The summed E-state index contributed by atoms with van der Waals surface area (Å²) >= 11 is 6.84. The third-order valence-corrected chi connectivity index (χ3v) is 3.30. The van der Waals surface area contributed by atoms with Crippen LogP contribution in [0.25, 0.3) is 0 Å². The molecule has 0 atom stereocenters. The number of pyridine rings is 2. The van der Waals surface area contributed by atoms with Crippen molar-refractivity contribution in [3.8, 4) is 0 Å². The van der Waals surface area contributed by atoms with Crippen LogP contribution >= 0.6 is 31.9 Å². The standard InChI is InChI=1S/C12H11Br2N3/c13-10-7-11(14)12(17-8-10)16-6-3-9-1-4-15-5-2-9/h1-2,4-5,7-8H,3,6H2,(H,16,17). The number of hydrogen-bond donors (Lipinski definition) is 1. The number of anilines is 1. The van der Waals surface area contributed by atoms with Crippen LogP contribution in [0.4, 0.5) is 5.82 Å². The minimum absolute atomic E-state index is 0.844. The maximum absolute atomic E-state index is 4.29. The molecule has 0 aromatic carbocycles. The highest BCUT2D eigenvalue weighted by molar-refractivity contribution is 9.11. The molecule has 1 N–H and O–H groups in total. The van der Waals surface area contributed by atoms with E-state index in [4.69, 9.17) is 0 Å². The van der Waals surface area contributed by atoms with Gasteiger partial charge >= 0.3 is 0 Å². The van der Waals surface area contributed by atoms with E-state index in [0.717, 1.165) is 27.7 Å². The molecule has 0 bridgehead atoms. The number of rotatable bonds is 4. The minimum Gasteiger partial charge on any atom is -0.369 e. The first-order valence-corrected chi connectivity index (χ1v) is 6.78. The zero-order valence-corrected chi connectivity index (χ0v) is 12.2. The number of halogens is 2. The van der Waals surface area contributed by atoms with Gasteiger partial charge in [0.2, 0.25) is 0 Å². The van der Waals surface area contributed by atoms with Crippen molar-refractivity contribution < 1.29 is 0 Å². The Morgan fingerprint density at radius 2 is 1.94 bits per heavy atom. The molecule has 0 aliphatic carbocycles. The first-order chi connectivity index (χ1) is 8.25. The lowest BCUT2D eigenvalue weighted by Crippen LogP contribution is -2.06. The van der Waals surface area contributed by atoms with Gasteiger partial charge in [-0.1, -0.05) is 0 Å². The lowest BCUT2D eigenvalue weighted by atomic mass is 10.2. The molecule has 0 aliphatic rings. The molecule has 2 heterocycles. The Morgan fingerprint density at radius 1 is 1.18 bits per heavy atom. The molecular formula is C12H11Br2N3. The third kappa shape index (κ3) is 3.78. The predicted molar refractivity (Wildman–Crippen MR) is 76.1 cm³/mol. The van der Waals surface area contributed by atoms with Crippen molar-refractivity contribution in [3.05, 3.63) is 51.3 Å². The van der Waals surface area contributed by atoms with E-state index in [1.54, 1.807) is 6.20 Å². The van der Waals surface area contributed by atoms with E-state index in [0.29, 0.717) is 0 Å². The van der Waals surface area contributed by atoms with Crippen LogP contribution in [0.2, 0.25) is 0 Å². The molecule has 88 valence electrons. The topological polar surface area (TPSA) is 37.8 Å². The van der Waals surface area contributed by atoms with Crippen molar-refractivity contribution in [2.24, 2.45) is 0 Å². The molecular weight excluding hydrogens is 346 g/mol. The van der Waals surface area contributed by atoms with Gasteiger partial charge in [0.15, 0.2) is 0 Å². The van der Waals surface area contributed by atoms with Gasteiger partial charge in [-0.3, -0.25) is 4.98 Å². The molecule has 0 saturated carbocycles. The summed E-state index contributed by atoms with van der Waals surface area (Å²) in [5.41, 5.74) is 1.26. The average molecular weight is 357 g/mol. The molecule has 17 heavy (non-hydrogen) atoms. The summed E-state index contributed by atoms with van der Waals surface area (Å²) in [6.07, 6.45) is 6.35. The van der Waals surface area contributed by atoms with E-state index in [1.807, 2.05) is 30.6 Å². The van der Waals surface area contributed by atoms with Crippen molar-refractivity contribution in [2.45, 2.75) is 6.42 Å². The molecule has 5 heteroatoms. The van der Waals surface area contributed by atoms with Gasteiger partial charge in [0.05, 0.1) is 4.47 Å². The predicted octanol–water partition coefficient (Wildman–Crippen LogP) is 3.66. The number of nitrogens with one attached hydrogen (secondary N) is 1. The highest BCUT2D eigenvalue weighted by Gasteiger charge is 2.01. The first-order valence-electron chi connectivity index (χ1n) is 5.19. The molecule has 0 radical (unpaired) electrons. The molecule has 3 nitrogen and oxygen atoms in total. The molecule has 0 amide bonds. The Kier molecular flexibility index (Phi) is 4.50. The Bertz CT molecular complexity index is 488. The van der Waals surface area contributed by atoms with Gasteiger partial charge < -0.3 is 5.32 Å². The quantitative estimate of drug-likeness (QED) is 0.908. The third-order valence-electron chi connectivity index (χ3n) is 2.26. The van der Waals surface area contributed by atoms with Gasteiger partial charge in [0, 0.05) is 29.6 Å². The van der Waals surface area contributed by atoms with Crippen LogP contribution in [0.3, 0.4) is 0 Å². The van der Waals surface area contributed by atoms with Crippen LogP contribution in [0.1, 0.15) is 5.56 Å². The molecule has 2 aromatic heterocycles. The van der Waals surface area contributed by atoms with Crippen molar-refractivity contribution in [2.75, 3.05) is 11.9 Å². The smallest absolute Gasteiger partial charge is 0.140 e. The maximum atomic E-state index is 4.29. The summed E-state index contributed by atoms with van der Waals surface area (Å²) in [4.78, 5) is 8.28. The molecule has 2 aromatic rings. The normalized spacial score (nSPS) is 10.2. The summed E-state index contributed by atoms with van der Waals surface area (Å²) in [7, 11) is 0. The van der Waals surface area contributed by atoms with Gasteiger partial charge in [-0.15, -0.1) is 0 Å². The van der Waals surface area contributed by atoms with Gasteiger partial charge in [-0.05, 0) is 62.0 Å². The van der Waals surface area contributed by atoms with Crippen molar-refractivity contribution in [1.29, 1.82) is 0 Å². The highest BCUT2D eigenvalue weighted by Crippen LogP contribution is 2.23. The lowest BCUT2D eigenvalue weighted by Gasteiger charge is -2.07. The van der Waals surface area contributed by atoms with Crippen LogP contribution in [-0.4, -0.2) is 16.5 Å². The fourth-order valence-electron chi connectivity index (χ4n) is 1.42. The van der Waals surface area contributed by atoms with Crippen LogP contribution in [0, 0.1) is 0 Å². The van der Waals surface area contributed by atoms with E-state index in [1.165, 1.54) is 5.56 Å². The monoisotopic (exact) mass is 355 g/mol. The zero-order chi connectivity index (χ0) is 12.1. The largest absolute Gasteiger partial charge is 0.369 e. The molecule has 0 spiro atoms. The van der Waals surface area contributed by atoms with E-state index < -0.39 is 0 Å². The number of nitrogens with zero attached hydrogens (tertiary/aromatic N) is 2. The molecule has 0 aliphatic heterocycles. The average Bonchev–Trinajstić information content (AvgIpc) is 2.33. The second kappa shape index (κ2) is 6.12. The summed E-state index contributed by atoms with van der Waals surface area (Å²) in [5, 5.41) is 3.29. The fourth-order valence-corrected chi connectivity index (χ4v) is 2.55. The lowest BCUT2D eigenvalue weighted by molar-refractivity contribution is 0.997. The van der Waals surface area contributed by atoms with Crippen LogP contribution in [0.15, 0.2) is 45.7 Å². The maximum Gasteiger partial charge on any atom is 0.140 e. The van der Waals surface area contributed by atoms with E-state index in [9.17, 15) is 0 Å². The Labute approximate surface area is 117 Å². The summed E-state index contributed by atoms with van der Waals surface area (Å²) in [5.74, 6) is 0.863. The Hall–Kier alpha value is -0.940. The van der Waals surface area contributed by atoms with Gasteiger partial charge in [0.1, 0.15) is 5.82 Å². The summed E-state index contributed by atoms with van der Waals surface area (Å²) < 4.78 is 1.92. The molecule has 2 rings (SSSR count). The van der Waals surface area contributed by atoms with Crippen molar-refractivity contribution >= 4 is 37.7 Å². The van der Waals surface area contributed by atoms with Gasteiger partial charge in [0.25, 0.3) is 0 Å². The summed E-state index contributed by atoms with van der Waals surface area (Å²) in [6.45, 7) is 0.844. The van der Waals surface area contributed by atoms with E-state index in [2.05, 4.69) is 47.1 Å². The number of hydrogen-bond acceptors (Lipinski definition) is 3. The Balaban J connectivity index is 1.90. The molecule has 0 saturated heterocycles. The SMILES string of the molecule is Brc1cnc(NCCc2ccncc2)c(Br)c1. The second-order valence-corrected chi connectivity index (χ2v) is 5.29. The molecule has 0 fully saturated rings. The van der Waals surface area contributed by atoms with E-state index >= 15 is 0 Å². The highest BCUT2D eigenvalue weighted by atomic mass is 79.9.